The van der Waals surface area contributed by atoms with Crippen LogP contribution in [0.5, 0.6) is 0 Å². The van der Waals surface area contributed by atoms with E-state index in [0.29, 0.717) is 13.0 Å². The topological polar surface area (TPSA) is 72.7 Å². The number of nitrogens with one attached hydrogen (secondary N) is 1. The molecular weight excluding hydrogens is 242 g/mol. The van der Waals surface area contributed by atoms with Crippen molar-refractivity contribution in [1.82, 2.24) is 5.48 Å². The third-order valence-electron chi connectivity index (χ3n) is 3.50. The molecule has 0 saturated heterocycles. The highest BCUT2D eigenvalue weighted by molar-refractivity contribution is 4.50. The summed E-state index contributed by atoms with van der Waals surface area (Å²) in [5.41, 5.74) is 2.19. The molecule has 4 heteroatoms. The van der Waals surface area contributed by atoms with Crippen molar-refractivity contribution in [3.05, 3.63) is 0 Å². The van der Waals surface area contributed by atoms with Crippen LogP contribution < -0.4 is 5.48 Å². The Morgan fingerprint density at radius 3 is 1.32 bits per heavy atom. The molecule has 0 aromatic carbocycles. The molecule has 0 fully saturated rings. The maximum atomic E-state index is 8.68. The number of aliphatic hydroxyl groups excluding tert-OH is 1. The van der Waals surface area contributed by atoms with Crippen LogP contribution in [-0.4, -0.2) is 28.3 Å². The van der Waals surface area contributed by atoms with Gasteiger partial charge in [0.2, 0.25) is 0 Å². The zero-order valence-electron chi connectivity index (χ0n) is 12.3. The first-order chi connectivity index (χ1) is 9.27. The zero-order valence-corrected chi connectivity index (χ0v) is 12.3. The van der Waals surface area contributed by atoms with Crippen LogP contribution in [0.25, 0.3) is 0 Å². The predicted octanol–water partition coefficient (Wildman–Crippen LogP) is 3.35. The van der Waals surface area contributed by atoms with Gasteiger partial charge in [0, 0.05) is 6.54 Å². The smallest absolute Gasteiger partial charge is 0.151 e. The Morgan fingerprint density at radius 2 is 0.947 bits per heavy atom. The van der Waals surface area contributed by atoms with E-state index in [0.717, 1.165) is 19.3 Å². The van der Waals surface area contributed by atoms with Gasteiger partial charge in [-0.15, -0.1) is 0 Å². The lowest BCUT2D eigenvalue weighted by atomic mass is 10.0. The van der Waals surface area contributed by atoms with Gasteiger partial charge in [-0.3, -0.25) is 0 Å². The summed E-state index contributed by atoms with van der Waals surface area (Å²) in [7, 11) is 0. The molecule has 0 saturated carbocycles. The van der Waals surface area contributed by atoms with Gasteiger partial charge in [-0.1, -0.05) is 64.2 Å². The van der Waals surface area contributed by atoms with E-state index in [-0.39, 0.29) is 0 Å². The van der Waals surface area contributed by atoms with Crippen molar-refractivity contribution in [2.24, 2.45) is 0 Å². The number of hydrogen-bond acceptors (Lipinski definition) is 4. The van der Waals surface area contributed by atoms with Gasteiger partial charge in [0.25, 0.3) is 0 Å². The number of hydrogen-bond donors (Lipinski definition) is 4. The van der Waals surface area contributed by atoms with Crippen molar-refractivity contribution in [3.8, 4) is 0 Å². The standard InChI is InChI=1S/C15H33NO3/c17-15(18)13-11-9-7-5-3-1-2-4-6-8-10-12-14-16-19/h15-19H,1-14H2. The van der Waals surface area contributed by atoms with Gasteiger partial charge in [-0.05, 0) is 19.3 Å². The molecule has 116 valence electrons. The number of unbranched alkanes of at least 4 members (excludes halogenated alkanes) is 11. The molecule has 0 aliphatic carbocycles. The number of rotatable bonds is 15. The molecule has 0 heterocycles. The average molecular weight is 275 g/mol. The summed E-state index contributed by atoms with van der Waals surface area (Å²) < 4.78 is 0. The van der Waals surface area contributed by atoms with E-state index in [4.69, 9.17) is 15.4 Å². The van der Waals surface area contributed by atoms with Crippen LogP contribution in [0.4, 0.5) is 0 Å². The highest BCUT2D eigenvalue weighted by atomic mass is 16.5. The molecule has 0 spiro atoms. The Balaban J connectivity index is 2.91. The average Bonchev–Trinajstić information content (AvgIpc) is 2.39. The second kappa shape index (κ2) is 15.9. The first-order valence-electron chi connectivity index (χ1n) is 8.00. The highest BCUT2D eigenvalue weighted by Crippen LogP contribution is 2.12. The predicted molar refractivity (Wildman–Crippen MR) is 78.0 cm³/mol. The van der Waals surface area contributed by atoms with E-state index < -0.39 is 6.29 Å². The molecule has 0 bridgehead atoms. The van der Waals surface area contributed by atoms with E-state index in [1.54, 1.807) is 0 Å². The van der Waals surface area contributed by atoms with Crippen LogP contribution >= 0.6 is 0 Å². The Bertz CT molecular complexity index is 165. The summed E-state index contributed by atoms with van der Waals surface area (Å²) in [5, 5.41) is 25.8. The SMILES string of the molecule is ONCCCCCCCCCCCCCCC(O)O. The van der Waals surface area contributed by atoms with Crippen LogP contribution in [0.3, 0.4) is 0 Å². The molecule has 19 heavy (non-hydrogen) atoms. The summed E-state index contributed by atoms with van der Waals surface area (Å²) >= 11 is 0. The fourth-order valence-electron chi connectivity index (χ4n) is 2.30. The monoisotopic (exact) mass is 275 g/mol. The second-order valence-electron chi connectivity index (χ2n) is 5.42. The zero-order chi connectivity index (χ0) is 14.2. The van der Waals surface area contributed by atoms with Crippen molar-refractivity contribution in [2.45, 2.75) is 89.8 Å². The Labute approximate surface area is 118 Å². The summed E-state index contributed by atoms with van der Waals surface area (Å²) in [6.45, 7) is 0.716. The Morgan fingerprint density at radius 1 is 0.579 bits per heavy atom. The molecule has 0 radical (unpaired) electrons. The van der Waals surface area contributed by atoms with Crippen molar-refractivity contribution in [3.63, 3.8) is 0 Å². The third-order valence-corrected chi connectivity index (χ3v) is 3.50. The normalized spacial score (nSPS) is 11.4. The molecule has 0 aromatic heterocycles. The Hall–Kier alpha value is -0.160. The van der Waals surface area contributed by atoms with Crippen molar-refractivity contribution in [2.75, 3.05) is 6.54 Å². The molecule has 0 atom stereocenters. The van der Waals surface area contributed by atoms with Gasteiger partial charge in [-0.2, -0.15) is 0 Å². The summed E-state index contributed by atoms with van der Waals surface area (Å²) in [6.07, 6.45) is 14.2. The molecule has 0 aliphatic heterocycles. The minimum Gasteiger partial charge on any atom is -0.368 e. The van der Waals surface area contributed by atoms with Gasteiger partial charge >= 0.3 is 0 Å². The highest BCUT2D eigenvalue weighted by Gasteiger charge is 1.97. The summed E-state index contributed by atoms with van der Waals surface area (Å²) in [4.78, 5) is 0. The van der Waals surface area contributed by atoms with E-state index >= 15 is 0 Å². The van der Waals surface area contributed by atoms with Crippen molar-refractivity contribution >= 4 is 0 Å². The molecule has 0 rings (SSSR count). The number of hydroxylamine groups is 1. The van der Waals surface area contributed by atoms with Crippen LogP contribution in [-0.2, 0) is 0 Å². The van der Waals surface area contributed by atoms with Crippen LogP contribution in [0.2, 0.25) is 0 Å². The van der Waals surface area contributed by atoms with Crippen LogP contribution in [0.15, 0.2) is 0 Å². The maximum absolute atomic E-state index is 8.68. The largest absolute Gasteiger partial charge is 0.368 e. The molecule has 4 nitrogen and oxygen atoms in total. The first kappa shape index (κ1) is 18.8. The van der Waals surface area contributed by atoms with Gasteiger partial charge in [-0.25, -0.2) is 5.48 Å². The molecule has 0 unspecified atom stereocenters. The van der Waals surface area contributed by atoms with Gasteiger partial charge in [0.05, 0.1) is 0 Å². The molecule has 0 amide bonds. The molecular formula is C15H33NO3. The van der Waals surface area contributed by atoms with Gasteiger partial charge < -0.3 is 15.4 Å². The van der Waals surface area contributed by atoms with Crippen LogP contribution in [0, 0.1) is 0 Å². The molecule has 0 aromatic rings. The van der Waals surface area contributed by atoms with Gasteiger partial charge in [0.1, 0.15) is 0 Å². The van der Waals surface area contributed by atoms with Gasteiger partial charge in [0.15, 0.2) is 6.29 Å². The lowest BCUT2D eigenvalue weighted by molar-refractivity contribution is -0.0466. The summed E-state index contributed by atoms with van der Waals surface area (Å²) in [6, 6.07) is 0. The molecule has 0 aliphatic rings. The Kier molecular flexibility index (Phi) is 15.8. The minimum atomic E-state index is -1.12. The van der Waals surface area contributed by atoms with Crippen molar-refractivity contribution < 1.29 is 15.4 Å². The fourth-order valence-corrected chi connectivity index (χ4v) is 2.30. The van der Waals surface area contributed by atoms with E-state index in [9.17, 15) is 0 Å². The first-order valence-corrected chi connectivity index (χ1v) is 8.00. The van der Waals surface area contributed by atoms with E-state index in [1.165, 1.54) is 57.8 Å². The number of aliphatic hydroxyl groups is 2. The second-order valence-corrected chi connectivity index (χ2v) is 5.42. The van der Waals surface area contributed by atoms with E-state index in [1.807, 2.05) is 0 Å². The molecule has 4 N–H and O–H groups in total. The van der Waals surface area contributed by atoms with Crippen LogP contribution in [0.1, 0.15) is 83.5 Å². The lowest BCUT2D eigenvalue weighted by Gasteiger charge is -2.04. The lowest BCUT2D eigenvalue weighted by Crippen LogP contribution is -2.07. The fraction of sp³-hybridized carbons (Fsp3) is 1.00. The third kappa shape index (κ3) is 17.8. The van der Waals surface area contributed by atoms with E-state index in [2.05, 4.69) is 5.48 Å². The summed E-state index contributed by atoms with van der Waals surface area (Å²) in [5.74, 6) is 0. The minimum absolute atomic E-state index is 0.520. The maximum Gasteiger partial charge on any atom is 0.151 e. The quantitative estimate of drug-likeness (QED) is 0.210. The van der Waals surface area contributed by atoms with Crippen molar-refractivity contribution in [1.29, 1.82) is 0 Å².